The maximum absolute atomic E-state index is 15.3. The van der Waals surface area contributed by atoms with E-state index in [-0.39, 0.29) is 25.2 Å². The van der Waals surface area contributed by atoms with Crippen LogP contribution in [-0.4, -0.2) is 84.6 Å². The highest BCUT2D eigenvalue weighted by atomic mass is 32.2. The Morgan fingerprint density at radius 1 is 1.05 bits per heavy atom. The predicted octanol–water partition coefficient (Wildman–Crippen LogP) is 1.94. The lowest BCUT2D eigenvalue weighted by molar-refractivity contribution is 0.0630. The first-order valence-electron chi connectivity index (χ1n) is 12.1. The number of anilines is 1. The van der Waals surface area contributed by atoms with Gasteiger partial charge in [0.05, 0.1) is 17.6 Å². The minimum Gasteiger partial charge on any atom is -0.384 e. The SMILES string of the molecule is CCc1ncnc(-c2cc(F)c(C(=O)N3CCN(CCNS(C)(=O)=O)CC3)c(F)c2)c1-c1ccc(N)nc1. The van der Waals surface area contributed by atoms with Crippen LogP contribution in [0.4, 0.5) is 14.6 Å². The Morgan fingerprint density at radius 2 is 1.74 bits per heavy atom. The van der Waals surface area contributed by atoms with Crippen LogP contribution in [-0.2, 0) is 16.4 Å². The Hall–Kier alpha value is -3.55. The van der Waals surface area contributed by atoms with Gasteiger partial charge in [-0.05, 0) is 30.7 Å². The van der Waals surface area contributed by atoms with E-state index in [4.69, 9.17) is 5.73 Å². The molecule has 3 heterocycles. The Morgan fingerprint density at radius 3 is 2.32 bits per heavy atom. The number of aromatic nitrogens is 3. The van der Waals surface area contributed by atoms with Gasteiger partial charge in [-0.3, -0.25) is 9.69 Å². The zero-order valence-corrected chi connectivity index (χ0v) is 21.9. The van der Waals surface area contributed by atoms with Crippen LogP contribution in [0, 0.1) is 11.6 Å². The van der Waals surface area contributed by atoms with E-state index >= 15 is 8.78 Å². The fraction of sp³-hybridized carbons (Fsp3) is 0.360. The molecule has 3 aromatic rings. The van der Waals surface area contributed by atoms with Gasteiger partial charge < -0.3 is 10.6 Å². The molecule has 0 unspecified atom stereocenters. The first-order valence-corrected chi connectivity index (χ1v) is 14.0. The van der Waals surface area contributed by atoms with Gasteiger partial charge in [-0.1, -0.05) is 6.92 Å². The van der Waals surface area contributed by atoms with Crippen LogP contribution in [0.2, 0.25) is 0 Å². The molecule has 0 bridgehead atoms. The lowest BCUT2D eigenvalue weighted by Crippen LogP contribution is -2.50. The Bertz CT molecular complexity index is 1400. The lowest BCUT2D eigenvalue weighted by atomic mass is 9.96. The van der Waals surface area contributed by atoms with Crippen molar-refractivity contribution >= 4 is 21.7 Å². The number of hydrogen-bond donors (Lipinski definition) is 2. The highest BCUT2D eigenvalue weighted by Gasteiger charge is 2.28. The molecular formula is C25H29F2N7O3S. The summed E-state index contributed by atoms with van der Waals surface area (Å²) < 4.78 is 55.4. The molecule has 2 aromatic heterocycles. The topological polar surface area (TPSA) is 134 Å². The molecule has 38 heavy (non-hydrogen) atoms. The lowest BCUT2D eigenvalue weighted by Gasteiger charge is -2.34. The van der Waals surface area contributed by atoms with E-state index in [1.807, 2.05) is 11.8 Å². The number of hydrogen-bond acceptors (Lipinski definition) is 8. The largest absolute Gasteiger partial charge is 0.384 e. The smallest absolute Gasteiger partial charge is 0.259 e. The number of halogens is 2. The Balaban J connectivity index is 1.56. The second-order valence-corrected chi connectivity index (χ2v) is 10.8. The number of sulfonamides is 1. The van der Waals surface area contributed by atoms with Gasteiger partial charge in [-0.15, -0.1) is 0 Å². The number of pyridine rings is 1. The second kappa shape index (κ2) is 11.5. The molecule has 0 radical (unpaired) electrons. The molecule has 0 aliphatic carbocycles. The second-order valence-electron chi connectivity index (χ2n) is 8.98. The number of nitrogens with one attached hydrogen (secondary N) is 1. The maximum atomic E-state index is 15.3. The van der Waals surface area contributed by atoms with Gasteiger partial charge in [0.1, 0.15) is 29.3 Å². The summed E-state index contributed by atoms with van der Waals surface area (Å²) in [6, 6.07) is 5.58. The van der Waals surface area contributed by atoms with Gasteiger partial charge >= 0.3 is 0 Å². The quantitative estimate of drug-likeness (QED) is 0.439. The first kappa shape index (κ1) is 27.5. The molecule has 10 nitrogen and oxygen atoms in total. The Labute approximate surface area is 220 Å². The van der Waals surface area contributed by atoms with E-state index in [1.54, 1.807) is 18.3 Å². The van der Waals surface area contributed by atoms with Crippen molar-refractivity contribution in [3.8, 4) is 22.4 Å². The van der Waals surface area contributed by atoms with E-state index in [1.165, 1.54) is 11.2 Å². The van der Waals surface area contributed by atoms with Crippen molar-refractivity contribution in [2.24, 2.45) is 0 Å². The molecule has 1 fully saturated rings. The van der Waals surface area contributed by atoms with Crippen LogP contribution in [0.5, 0.6) is 0 Å². The molecule has 1 saturated heterocycles. The molecule has 1 aromatic carbocycles. The molecule has 1 aliphatic rings. The van der Waals surface area contributed by atoms with Crippen molar-refractivity contribution in [2.75, 3.05) is 51.3 Å². The molecule has 1 aliphatic heterocycles. The highest BCUT2D eigenvalue weighted by molar-refractivity contribution is 7.88. The van der Waals surface area contributed by atoms with Gasteiger partial charge in [-0.2, -0.15) is 0 Å². The molecule has 0 spiro atoms. The summed E-state index contributed by atoms with van der Waals surface area (Å²) in [5.41, 5.74) is 7.48. The van der Waals surface area contributed by atoms with E-state index in [0.717, 1.165) is 18.4 Å². The van der Waals surface area contributed by atoms with Crippen LogP contribution >= 0.6 is 0 Å². The number of nitrogens with zero attached hydrogens (tertiary/aromatic N) is 5. The van der Waals surface area contributed by atoms with Gasteiger partial charge in [0.25, 0.3) is 5.91 Å². The number of rotatable bonds is 8. The number of aryl methyl sites for hydroxylation is 1. The van der Waals surface area contributed by atoms with E-state index in [2.05, 4.69) is 19.7 Å². The predicted molar refractivity (Wildman–Crippen MR) is 140 cm³/mol. The number of nitrogen functional groups attached to an aromatic ring is 1. The number of nitrogens with two attached hydrogens (primary N) is 1. The van der Waals surface area contributed by atoms with Crippen LogP contribution in [0.1, 0.15) is 23.0 Å². The van der Waals surface area contributed by atoms with Crippen molar-refractivity contribution in [1.29, 1.82) is 0 Å². The van der Waals surface area contributed by atoms with Crippen LogP contribution in [0.15, 0.2) is 36.8 Å². The first-order chi connectivity index (χ1) is 18.1. The van der Waals surface area contributed by atoms with Crippen molar-refractivity contribution < 1.29 is 22.0 Å². The zero-order valence-electron chi connectivity index (χ0n) is 21.1. The molecule has 4 rings (SSSR count). The minimum atomic E-state index is -3.28. The third-order valence-electron chi connectivity index (χ3n) is 6.32. The molecular weight excluding hydrogens is 516 g/mol. The monoisotopic (exact) mass is 545 g/mol. The maximum Gasteiger partial charge on any atom is 0.259 e. The minimum absolute atomic E-state index is 0.170. The average Bonchev–Trinajstić information content (AvgIpc) is 2.88. The summed E-state index contributed by atoms with van der Waals surface area (Å²) >= 11 is 0. The van der Waals surface area contributed by atoms with Gasteiger partial charge in [0, 0.05) is 62.2 Å². The Kier molecular flexibility index (Phi) is 8.29. The normalized spacial score (nSPS) is 14.6. The standard InChI is InChI=1S/C25H29F2N7O3S/c1-3-20-22(16-4-5-21(28)29-14-16)24(31-15-30-20)17-12-18(26)23(19(27)13-17)25(35)34-10-8-33(9-11-34)7-6-32-38(2,36)37/h4-5,12-15,32H,3,6-11H2,1-2H3,(H2,28,29). The van der Waals surface area contributed by atoms with Crippen molar-refractivity contribution in [3.05, 3.63) is 59.7 Å². The number of carbonyl (C=O) groups excluding carboxylic acids is 1. The number of carbonyl (C=O) groups is 1. The third-order valence-corrected chi connectivity index (χ3v) is 7.05. The highest BCUT2D eigenvalue weighted by Crippen LogP contribution is 2.34. The van der Waals surface area contributed by atoms with Gasteiger partial charge in [0.2, 0.25) is 10.0 Å². The summed E-state index contributed by atoms with van der Waals surface area (Å²) in [4.78, 5) is 29.2. The summed E-state index contributed by atoms with van der Waals surface area (Å²) in [5, 5.41) is 0. The number of piperazine rings is 1. The average molecular weight is 546 g/mol. The van der Waals surface area contributed by atoms with E-state index in [9.17, 15) is 13.2 Å². The van der Waals surface area contributed by atoms with Gasteiger partial charge in [0.15, 0.2) is 0 Å². The molecule has 3 N–H and O–H groups in total. The molecule has 0 atom stereocenters. The summed E-state index contributed by atoms with van der Waals surface area (Å²) in [6.07, 6.45) is 4.52. The third kappa shape index (κ3) is 6.29. The fourth-order valence-corrected chi connectivity index (χ4v) is 4.86. The fourth-order valence-electron chi connectivity index (χ4n) is 4.40. The van der Waals surface area contributed by atoms with E-state index < -0.39 is 33.1 Å². The molecule has 0 saturated carbocycles. The van der Waals surface area contributed by atoms with Crippen LogP contribution < -0.4 is 10.5 Å². The van der Waals surface area contributed by atoms with Crippen molar-refractivity contribution in [1.82, 2.24) is 29.5 Å². The van der Waals surface area contributed by atoms with E-state index in [0.29, 0.717) is 54.4 Å². The van der Waals surface area contributed by atoms with Crippen LogP contribution in [0.3, 0.4) is 0 Å². The summed E-state index contributed by atoms with van der Waals surface area (Å²) in [7, 11) is -3.28. The molecule has 202 valence electrons. The van der Waals surface area contributed by atoms with Crippen molar-refractivity contribution in [2.45, 2.75) is 13.3 Å². The summed E-state index contributed by atoms with van der Waals surface area (Å²) in [6.45, 7) is 4.06. The van der Waals surface area contributed by atoms with Gasteiger partial charge in [-0.25, -0.2) is 36.9 Å². The zero-order chi connectivity index (χ0) is 27.4. The van der Waals surface area contributed by atoms with Crippen molar-refractivity contribution in [3.63, 3.8) is 0 Å². The molecule has 1 amide bonds. The number of benzene rings is 1. The van der Waals surface area contributed by atoms with Crippen LogP contribution in [0.25, 0.3) is 22.4 Å². The molecule has 13 heteroatoms. The summed E-state index contributed by atoms with van der Waals surface area (Å²) in [5.74, 6) is -2.37. The number of amides is 1.